The standard InChI is InChI=1S/C14H19BrFN/c1-10(12-4-2-3-5-12)17-9-11-6-13(15)8-14(16)7-11/h6-8,10,12,17H,2-5,9H2,1H3/t10-/m1/s1. The molecule has 94 valence electrons. The summed E-state index contributed by atoms with van der Waals surface area (Å²) in [7, 11) is 0. The van der Waals surface area contributed by atoms with Gasteiger partial charge in [-0.3, -0.25) is 0 Å². The third kappa shape index (κ3) is 3.78. The Hall–Kier alpha value is -0.410. The second-order valence-electron chi connectivity index (χ2n) is 4.99. The van der Waals surface area contributed by atoms with Crippen LogP contribution in [0.5, 0.6) is 0 Å². The van der Waals surface area contributed by atoms with Gasteiger partial charge < -0.3 is 5.32 Å². The van der Waals surface area contributed by atoms with E-state index < -0.39 is 0 Å². The lowest BCUT2D eigenvalue weighted by molar-refractivity contribution is 0.380. The molecule has 17 heavy (non-hydrogen) atoms. The molecule has 0 radical (unpaired) electrons. The van der Waals surface area contributed by atoms with E-state index in [2.05, 4.69) is 28.2 Å². The van der Waals surface area contributed by atoms with Crippen LogP contribution in [0.4, 0.5) is 4.39 Å². The van der Waals surface area contributed by atoms with Gasteiger partial charge in [-0.2, -0.15) is 0 Å². The fourth-order valence-electron chi connectivity index (χ4n) is 2.62. The zero-order chi connectivity index (χ0) is 12.3. The number of nitrogens with one attached hydrogen (secondary N) is 1. The van der Waals surface area contributed by atoms with Crippen LogP contribution < -0.4 is 5.32 Å². The minimum Gasteiger partial charge on any atom is -0.310 e. The summed E-state index contributed by atoms with van der Waals surface area (Å²) < 4.78 is 14.0. The molecule has 1 N–H and O–H groups in total. The van der Waals surface area contributed by atoms with Gasteiger partial charge in [0.1, 0.15) is 5.82 Å². The molecule has 3 heteroatoms. The first-order valence-electron chi connectivity index (χ1n) is 6.33. The molecule has 1 aromatic carbocycles. The highest BCUT2D eigenvalue weighted by Crippen LogP contribution is 2.27. The minimum atomic E-state index is -0.176. The molecule has 0 amide bonds. The zero-order valence-corrected chi connectivity index (χ0v) is 11.8. The number of rotatable bonds is 4. The highest BCUT2D eigenvalue weighted by molar-refractivity contribution is 9.10. The van der Waals surface area contributed by atoms with Crippen molar-refractivity contribution in [3.05, 3.63) is 34.1 Å². The van der Waals surface area contributed by atoms with Gasteiger partial charge in [0.05, 0.1) is 0 Å². The van der Waals surface area contributed by atoms with Gasteiger partial charge in [-0.25, -0.2) is 4.39 Å². The van der Waals surface area contributed by atoms with Crippen LogP contribution in [-0.2, 0) is 6.54 Å². The Bertz CT molecular complexity index is 354. The Morgan fingerprint density at radius 3 is 2.71 bits per heavy atom. The Morgan fingerprint density at radius 2 is 2.06 bits per heavy atom. The molecule has 2 rings (SSSR count). The maximum Gasteiger partial charge on any atom is 0.124 e. The first kappa shape index (κ1) is 13.0. The Labute approximate surface area is 111 Å². The average Bonchev–Trinajstić information content (AvgIpc) is 2.78. The summed E-state index contributed by atoms with van der Waals surface area (Å²) >= 11 is 3.32. The number of halogens is 2. The molecular weight excluding hydrogens is 281 g/mol. The van der Waals surface area contributed by atoms with Crippen molar-refractivity contribution in [1.82, 2.24) is 5.32 Å². The molecule has 1 nitrogen and oxygen atoms in total. The van der Waals surface area contributed by atoms with Gasteiger partial charge in [-0.05, 0) is 49.4 Å². The van der Waals surface area contributed by atoms with Crippen molar-refractivity contribution >= 4 is 15.9 Å². The summed E-state index contributed by atoms with van der Waals surface area (Å²) in [5.74, 6) is 0.622. The highest BCUT2D eigenvalue weighted by atomic mass is 79.9. The van der Waals surface area contributed by atoms with Gasteiger partial charge in [-0.1, -0.05) is 28.8 Å². The minimum absolute atomic E-state index is 0.176. The van der Waals surface area contributed by atoms with Crippen molar-refractivity contribution in [2.75, 3.05) is 0 Å². The quantitative estimate of drug-likeness (QED) is 0.876. The second-order valence-corrected chi connectivity index (χ2v) is 5.91. The monoisotopic (exact) mass is 299 g/mol. The third-order valence-electron chi connectivity index (χ3n) is 3.66. The van der Waals surface area contributed by atoms with Gasteiger partial charge in [0.15, 0.2) is 0 Å². The first-order chi connectivity index (χ1) is 8.15. The van der Waals surface area contributed by atoms with Crippen LogP contribution in [0.1, 0.15) is 38.2 Å². The molecule has 1 atom stereocenters. The predicted molar refractivity (Wildman–Crippen MR) is 72.4 cm³/mol. The molecule has 0 heterocycles. The number of hydrogen-bond acceptors (Lipinski definition) is 1. The summed E-state index contributed by atoms with van der Waals surface area (Å²) in [6.45, 7) is 2.98. The van der Waals surface area contributed by atoms with Crippen LogP contribution >= 0.6 is 15.9 Å². The van der Waals surface area contributed by atoms with Crippen LogP contribution in [0.25, 0.3) is 0 Å². The molecule has 0 spiro atoms. The van der Waals surface area contributed by atoms with E-state index in [-0.39, 0.29) is 5.82 Å². The van der Waals surface area contributed by atoms with Crippen molar-refractivity contribution in [2.45, 2.75) is 45.2 Å². The van der Waals surface area contributed by atoms with Crippen LogP contribution in [0.2, 0.25) is 0 Å². The van der Waals surface area contributed by atoms with Crippen LogP contribution in [-0.4, -0.2) is 6.04 Å². The summed E-state index contributed by atoms with van der Waals surface area (Å²) in [6, 6.07) is 5.58. The topological polar surface area (TPSA) is 12.0 Å². The summed E-state index contributed by atoms with van der Waals surface area (Å²) in [6.07, 6.45) is 5.40. The fourth-order valence-corrected chi connectivity index (χ4v) is 3.13. The predicted octanol–water partition coefficient (Wildman–Crippen LogP) is 4.26. The molecule has 1 aliphatic rings. The maximum atomic E-state index is 13.2. The van der Waals surface area contributed by atoms with Gasteiger partial charge in [0, 0.05) is 17.1 Å². The average molecular weight is 300 g/mol. The maximum absolute atomic E-state index is 13.2. The Balaban J connectivity index is 1.88. The van der Waals surface area contributed by atoms with Gasteiger partial charge in [-0.15, -0.1) is 0 Å². The molecule has 1 saturated carbocycles. The molecule has 0 unspecified atom stereocenters. The van der Waals surface area contributed by atoms with E-state index in [4.69, 9.17) is 0 Å². The third-order valence-corrected chi connectivity index (χ3v) is 4.12. The van der Waals surface area contributed by atoms with Gasteiger partial charge in [0.25, 0.3) is 0 Å². The smallest absolute Gasteiger partial charge is 0.124 e. The molecule has 0 aliphatic heterocycles. The molecule has 1 aliphatic carbocycles. The Morgan fingerprint density at radius 1 is 1.35 bits per heavy atom. The van der Waals surface area contributed by atoms with E-state index in [9.17, 15) is 4.39 Å². The number of benzene rings is 1. The van der Waals surface area contributed by atoms with Crippen molar-refractivity contribution in [3.63, 3.8) is 0 Å². The lowest BCUT2D eigenvalue weighted by Crippen LogP contribution is -2.31. The van der Waals surface area contributed by atoms with Crippen molar-refractivity contribution in [2.24, 2.45) is 5.92 Å². The van der Waals surface area contributed by atoms with E-state index in [0.29, 0.717) is 6.04 Å². The van der Waals surface area contributed by atoms with E-state index in [1.165, 1.54) is 31.7 Å². The van der Waals surface area contributed by atoms with Crippen molar-refractivity contribution in [3.8, 4) is 0 Å². The summed E-state index contributed by atoms with van der Waals surface area (Å²) in [5.41, 5.74) is 1.00. The Kier molecular flexibility index (Phi) is 4.57. The zero-order valence-electron chi connectivity index (χ0n) is 10.2. The van der Waals surface area contributed by atoms with E-state index in [1.54, 1.807) is 6.07 Å². The SMILES string of the molecule is C[C@@H](NCc1cc(F)cc(Br)c1)C1CCCC1. The largest absolute Gasteiger partial charge is 0.310 e. The second kappa shape index (κ2) is 5.96. The van der Waals surface area contributed by atoms with Crippen LogP contribution in [0.3, 0.4) is 0 Å². The van der Waals surface area contributed by atoms with Crippen molar-refractivity contribution < 1.29 is 4.39 Å². The molecule has 0 saturated heterocycles. The van der Waals surface area contributed by atoms with Gasteiger partial charge in [0.2, 0.25) is 0 Å². The van der Waals surface area contributed by atoms with Crippen LogP contribution in [0.15, 0.2) is 22.7 Å². The van der Waals surface area contributed by atoms with Gasteiger partial charge >= 0.3 is 0 Å². The normalized spacial score (nSPS) is 18.5. The number of hydrogen-bond donors (Lipinski definition) is 1. The highest BCUT2D eigenvalue weighted by Gasteiger charge is 2.20. The van der Waals surface area contributed by atoms with E-state index >= 15 is 0 Å². The first-order valence-corrected chi connectivity index (χ1v) is 7.13. The fraction of sp³-hybridized carbons (Fsp3) is 0.571. The molecule has 1 fully saturated rings. The lowest BCUT2D eigenvalue weighted by Gasteiger charge is -2.20. The van der Waals surface area contributed by atoms with Crippen LogP contribution in [0, 0.1) is 11.7 Å². The molecule has 0 aromatic heterocycles. The van der Waals surface area contributed by atoms with E-state index in [0.717, 1.165) is 22.5 Å². The molecule has 1 aromatic rings. The van der Waals surface area contributed by atoms with E-state index in [1.807, 2.05) is 6.07 Å². The molecule has 0 bridgehead atoms. The summed E-state index contributed by atoms with van der Waals surface area (Å²) in [4.78, 5) is 0. The lowest BCUT2D eigenvalue weighted by atomic mass is 9.99. The molecular formula is C14H19BrFN. The summed E-state index contributed by atoms with van der Waals surface area (Å²) in [5, 5.41) is 3.51. The van der Waals surface area contributed by atoms with Crippen molar-refractivity contribution in [1.29, 1.82) is 0 Å².